The standard InChI is InChI=1S/C19H23NO3S/c1-14-10-11-15(2)17(12-14)13-24(22,23)16(3)19(21)20(4)18-8-6-5-7-9-18/h5-12,16H,13H2,1-4H3/t16-/m1/s1. The molecule has 0 spiro atoms. The van der Waals surface area contributed by atoms with Crippen LogP contribution in [-0.2, 0) is 20.4 Å². The Balaban J connectivity index is 2.22. The van der Waals surface area contributed by atoms with E-state index in [-0.39, 0.29) is 5.75 Å². The van der Waals surface area contributed by atoms with Crippen LogP contribution in [0.15, 0.2) is 48.5 Å². The fraction of sp³-hybridized carbons (Fsp3) is 0.316. The van der Waals surface area contributed by atoms with E-state index in [1.807, 2.05) is 50.2 Å². The third-order valence-corrected chi connectivity index (χ3v) is 6.21. The molecular formula is C19H23NO3S. The lowest BCUT2D eigenvalue weighted by Crippen LogP contribution is -2.39. The van der Waals surface area contributed by atoms with Crippen LogP contribution in [-0.4, -0.2) is 26.6 Å². The van der Waals surface area contributed by atoms with Gasteiger partial charge in [0.2, 0.25) is 5.91 Å². The summed E-state index contributed by atoms with van der Waals surface area (Å²) in [5.74, 6) is -0.553. The van der Waals surface area contributed by atoms with Gasteiger partial charge in [0.05, 0.1) is 5.75 Å². The van der Waals surface area contributed by atoms with Crippen LogP contribution < -0.4 is 4.90 Å². The number of aryl methyl sites for hydroxylation is 2. The molecule has 5 heteroatoms. The quantitative estimate of drug-likeness (QED) is 0.836. The molecule has 0 heterocycles. The van der Waals surface area contributed by atoms with E-state index in [1.165, 1.54) is 11.8 Å². The first-order valence-corrected chi connectivity index (χ1v) is 9.54. The molecule has 2 rings (SSSR count). The van der Waals surface area contributed by atoms with Gasteiger partial charge in [-0.15, -0.1) is 0 Å². The fourth-order valence-electron chi connectivity index (χ4n) is 2.50. The minimum atomic E-state index is -3.60. The molecule has 2 aromatic carbocycles. The van der Waals surface area contributed by atoms with Crippen molar-refractivity contribution in [3.8, 4) is 0 Å². The van der Waals surface area contributed by atoms with Gasteiger partial charge in [0, 0.05) is 12.7 Å². The van der Waals surface area contributed by atoms with Crippen LogP contribution in [0, 0.1) is 13.8 Å². The van der Waals surface area contributed by atoms with Gasteiger partial charge in [-0.3, -0.25) is 4.79 Å². The van der Waals surface area contributed by atoms with E-state index < -0.39 is 21.0 Å². The lowest BCUT2D eigenvalue weighted by molar-refractivity contribution is -0.117. The number of para-hydroxylation sites is 1. The zero-order chi connectivity index (χ0) is 17.9. The van der Waals surface area contributed by atoms with Crippen molar-refractivity contribution in [1.82, 2.24) is 0 Å². The van der Waals surface area contributed by atoms with E-state index in [1.54, 1.807) is 19.2 Å². The van der Waals surface area contributed by atoms with Gasteiger partial charge in [0.1, 0.15) is 5.25 Å². The van der Waals surface area contributed by atoms with E-state index >= 15 is 0 Å². The number of sulfone groups is 1. The van der Waals surface area contributed by atoms with Crippen LogP contribution in [0.1, 0.15) is 23.6 Å². The van der Waals surface area contributed by atoms with Gasteiger partial charge in [-0.05, 0) is 44.0 Å². The number of benzene rings is 2. The fourth-order valence-corrected chi connectivity index (χ4v) is 3.96. The zero-order valence-corrected chi connectivity index (χ0v) is 15.3. The lowest BCUT2D eigenvalue weighted by atomic mass is 10.1. The molecule has 0 aromatic heterocycles. The molecular weight excluding hydrogens is 322 g/mol. The first-order valence-electron chi connectivity index (χ1n) is 7.82. The van der Waals surface area contributed by atoms with Gasteiger partial charge in [-0.25, -0.2) is 8.42 Å². The lowest BCUT2D eigenvalue weighted by Gasteiger charge is -2.22. The minimum absolute atomic E-state index is 0.129. The summed E-state index contributed by atoms with van der Waals surface area (Å²) in [6.45, 7) is 5.27. The number of carbonyl (C=O) groups excluding carboxylic acids is 1. The maximum atomic E-state index is 12.7. The second-order valence-corrected chi connectivity index (χ2v) is 8.43. The molecule has 0 unspecified atom stereocenters. The van der Waals surface area contributed by atoms with Crippen LogP contribution >= 0.6 is 0 Å². The van der Waals surface area contributed by atoms with Gasteiger partial charge in [0.25, 0.3) is 0 Å². The number of rotatable bonds is 5. The summed E-state index contributed by atoms with van der Waals surface area (Å²) in [6, 6.07) is 14.8. The SMILES string of the molecule is Cc1ccc(C)c(CS(=O)(=O)[C@H](C)C(=O)N(C)c2ccccc2)c1. The van der Waals surface area contributed by atoms with Gasteiger partial charge in [-0.2, -0.15) is 0 Å². The predicted octanol–water partition coefficient (Wildman–Crippen LogP) is 3.27. The van der Waals surface area contributed by atoms with Crippen molar-refractivity contribution >= 4 is 21.4 Å². The molecule has 0 saturated heterocycles. The molecule has 24 heavy (non-hydrogen) atoms. The molecule has 0 N–H and O–H groups in total. The highest BCUT2D eigenvalue weighted by molar-refractivity contribution is 7.92. The molecule has 2 aromatic rings. The Kier molecular flexibility index (Phi) is 5.44. The summed E-state index contributed by atoms with van der Waals surface area (Å²) >= 11 is 0. The molecule has 1 amide bonds. The Bertz CT molecular complexity index is 829. The largest absolute Gasteiger partial charge is 0.314 e. The molecule has 0 aliphatic rings. The van der Waals surface area contributed by atoms with Crippen molar-refractivity contribution in [1.29, 1.82) is 0 Å². The molecule has 0 aliphatic heterocycles. The third kappa shape index (κ3) is 4.03. The summed E-state index contributed by atoms with van der Waals surface area (Å²) in [5, 5.41) is -1.09. The monoisotopic (exact) mass is 345 g/mol. The summed E-state index contributed by atoms with van der Waals surface area (Å²) in [7, 11) is -2.00. The van der Waals surface area contributed by atoms with Crippen LogP contribution in [0.25, 0.3) is 0 Å². The van der Waals surface area contributed by atoms with E-state index in [2.05, 4.69) is 0 Å². The number of nitrogens with zero attached hydrogens (tertiary/aromatic N) is 1. The molecule has 0 bridgehead atoms. The Hall–Kier alpha value is -2.14. The van der Waals surface area contributed by atoms with E-state index in [4.69, 9.17) is 0 Å². The second-order valence-electron chi connectivity index (χ2n) is 6.11. The molecule has 0 saturated carbocycles. The molecule has 128 valence electrons. The molecule has 0 radical (unpaired) electrons. The Morgan fingerprint density at radius 1 is 1.08 bits per heavy atom. The molecule has 4 nitrogen and oxygen atoms in total. The number of anilines is 1. The van der Waals surface area contributed by atoms with Gasteiger partial charge in [-0.1, -0.05) is 42.0 Å². The first-order chi connectivity index (χ1) is 11.2. The maximum Gasteiger partial charge on any atom is 0.244 e. The van der Waals surface area contributed by atoms with Crippen molar-refractivity contribution in [2.24, 2.45) is 0 Å². The number of hydrogen-bond acceptors (Lipinski definition) is 3. The molecule has 0 fully saturated rings. The highest BCUT2D eigenvalue weighted by atomic mass is 32.2. The molecule has 1 atom stereocenters. The van der Waals surface area contributed by atoms with Gasteiger partial charge < -0.3 is 4.90 Å². The van der Waals surface area contributed by atoms with Gasteiger partial charge in [0.15, 0.2) is 9.84 Å². The normalized spacial score (nSPS) is 12.7. The average molecular weight is 345 g/mol. The highest BCUT2D eigenvalue weighted by Crippen LogP contribution is 2.20. The summed E-state index contributed by atoms with van der Waals surface area (Å²) in [6.07, 6.45) is 0. The van der Waals surface area contributed by atoms with Crippen molar-refractivity contribution in [3.63, 3.8) is 0 Å². The average Bonchev–Trinajstić information content (AvgIpc) is 2.56. The summed E-state index contributed by atoms with van der Waals surface area (Å²) in [4.78, 5) is 14.0. The number of hydrogen-bond donors (Lipinski definition) is 0. The summed E-state index contributed by atoms with van der Waals surface area (Å²) in [5.41, 5.74) is 3.35. The van der Waals surface area contributed by atoms with E-state index in [0.717, 1.165) is 16.7 Å². The highest BCUT2D eigenvalue weighted by Gasteiger charge is 2.31. The minimum Gasteiger partial charge on any atom is -0.314 e. The predicted molar refractivity (Wildman–Crippen MR) is 97.9 cm³/mol. The Morgan fingerprint density at radius 3 is 2.33 bits per heavy atom. The van der Waals surface area contributed by atoms with E-state index in [9.17, 15) is 13.2 Å². The van der Waals surface area contributed by atoms with Crippen molar-refractivity contribution in [3.05, 3.63) is 65.2 Å². The van der Waals surface area contributed by atoms with Crippen LogP contribution in [0.3, 0.4) is 0 Å². The third-order valence-electron chi connectivity index (χ3n) is 4.22. The molecule has 0 aliphatic carbocycles. The Morgan fingerprint density at radius 2 is 1.71 bits per heavy atom. The Labute approximate surface area is 144 Å². The number of carbonyl (C=O) groups is 1. The topological polar surface area (TPSA) is 54.5 Å². The number of amides is 1. The van der Waals surface area contributed by atoms with Crippen molar-refractivity contribution in [2.45, 2.75) is 31.8 Å². The second kappa shape index (κ2) is 7.18. The van der Waals surface area contributed by atoms with Crippen LogP contribution in [0.5, 0.6) is 0 Å². The summed E-state index contributed by atoms with van der Waals surface area (Å²) < 4.78 is 25.4. The zero-order valence-electron chi connectivity index (χ0n) is 14.5. The smallest absolute Gasteiger partial charge is 0.244 e. The first kappa shape index (κ1) is 18.2. The van der Waals surface area contributed by atoms with Crippen molar-refractivity contribution in [2.75, 3.05) is 11.9 Å². The van der Waals surface area contributed by atoms with Crippen LogP contribution in [0.4, 0.5) is 5.69 Å². The van der Waals surface area contributed by atoms with Crippen LogP contribution in [0.2, 0.25) is 0 Å². The van der Waals surface area contributed by atoms with E-state index in [0.29, 0.717) is 5.69 Å². The van der Waals surface area contributed by atoms with Crippen molar-refractivity contribution < 1.29 is 13.2 Å². The van der Waals surface area contributed by atoms with Gasteiger partial charge >= 0.3 is 0 Å². The maximum absolute atomic E-state index is 12.7.